The molecule has 0 saturated heterocycles. The normalized spacial score (nSPS) is 17.4. The lowest BCUT2D eigenvalue weighted by Gasteiger charge is -2.21. The number of carbonyl (C=O) groups is 1. The second-order valence-electron chi connectivity index (χ2n) is 5.28. The van der Waals surface area contributed by atoms with Gasteiger partial charge in [-0.2, -0.15) is 0 Å². The van der Waals surface area contributed by atoms with E-state index < -0.39 is 34.7 Å². The summed E-state index contributed by atoms with van der Waals surface area (Å²) in [5.74, 6) is -1.13. The maximum absolute atomic E-state index is 12.1. The Balaban J connectivity index is 2.56. The van der Waals surface area contributed by atoms with Crippen molar-refractivity contribution in [3.05, 3.63) is 12.2 Å². The summed E-state index contributed by atoms with van der Waals surface area (Å²) in [7, 11) is -8.38. The molecule has 0 N–H and O–H groups in total. The van der Waals surface area contributed by atoms with Crippen LogP contribution < -0.4 is 0 Å². The molecule has 1 aliphatic carbocycles. The SMILES string of the molecule is C=C(C)C(=O)OCCCS(=O)(=O)S(=O)(=O)C1CCCCC1. The van der Waals surface area contributed by atoms with Crippen molar-refractivity contribution in [1.82, 2.24) is 0 Å². The molecular weight excluding hydrogens is 316 g/mol. The molecule has 0 radical (unpaired) electrons. The molecule has 0 spiro atoms. The minimum atomic E-state index is -4.22. The molecule has 6 nitrogen and oxygen atoms in total. The molecular formula is C13H22O6S2. The maximum atomic E-state index is 12.1. The Morgan fingerprint density at radius 3 is 2.24 bits per heavy atom. The van der Waals surface area contributed by atoms with Gasteiger partial charge in [-0.1, -0.05) is 25.8 Å². The van der Waals surface area contributed by atoms with Crippen LogP contribution >= 0.6 is 0 Å². The summed E-state index contributed by atoms with van der Waals surface area (Å²) in [5, 5.41) is -0.783. The second-order valence-corrected chi connectivity index (χ2v) is 11.4. The fourth-order valence-corrected chi connectivity index (χ4v) is 7.10. The molecule has 1 rings (SSSR count). The fraction of sp³-hybridized carbons (Fsp3) is 0.769. The molecule has 1 saturated carbocycles. The molecule has 0 aromatic rings. The van der Waals surface area contributed by atoms with Crippen molar-refractivity contribution < 1.29 is 26.4 Å². The fourth-order valence-electron chi connectivity index (χ4n) is 2.20. The summed E-state index contributed by atoms with van der Waals surface area (Å²) >= 11 is 0. The predicted molar refractivity (Wildman–Crippen MR) is 80.0 cm³/mol. The summed E-state index contributed by atoms with van der Waals surface area (Å²) in [4.78, 5) is 11.1. The molecule has 0 amide bonds. The molecule has 8 heteroatoms. The Morgan fingerprint density at radius 1 is 1.14 bits per heavy atom. The lowest BCUT2D eigenvalue weighted by Crippen LogP contribution is -2.32. The molecule has 122 valence electrons. The lowest BCUT2D eigenvalue weighted by molar-refractivity contribution is -0.138. The van der Waals surface area contributed by atoms with Crippen molar-refractivity contribution in [1.29, 1.82) is 0 Å². The van der Waals surface area contributed by atoms with Gasteiger partial charge >= 0.3 is 5.97 Å². The molecule has 1 fully saturated rings. The van der Waals surface area contributed by atoms with Crippen molar-refractivity contribution in [2.75, 3.05) is 12.4 Å². The van der Waals surface area contributed by atoms with Gasteiger partial charge in [-0.3, -0.25) is 0 Å². The highest BCUT2D eigenvalue weighted by molar-refractivity contribution is 8.67. The van der Waals surface area contributed by atoms with Crippen LogP contribution in [0, 0.1) is 0 Å². The van der Waals surface area contributed by atoms with Crippen LogP contribution in [0.2, 0.25) is 0 Å². The van der Waals surface area contributed by atoms with E-state index in [1.807, 2.05) is 0 Å². The Labute approximate surface area is 125 Å². The highest BCUT2D eigenvalue weighted by atomic mass is 33.2. The molecule has 0 aliphatic heterocycles. The zero-order valence-electron chi connectivity index (χ0n) is 12.2. The minimum absolute atomic E-state index is 0.0344. The highest BCUT2D eigenvalue weighted by Gasteiger charge is 2.38. The summed E-state index contributed by atoms with van der Waals surface area (Å²) in [6, 6.07) is 0. The van der Waals surface area contributed by atoms with Crippen LogP contribution in [0.4, 0.5) is 0 Å². The van der Waals surface area contributed by atoms with E-state index in [4.69, 9.17) is 4.74 Å². The Hall–Kier alpha value is -0.890. The first-order valence-corrected chi connectivity index (χ1v) is 10.7. The van der Waals surface area contributed by atoms with Gasteiger partial charge in [-0.05, 0) is 26.2 Å². The molecule has 0 heterocycles. The van der Waals surface area contributed by atoms with Gasteiger partial charge in [0.25, 0.3) is 17.7 Å². The Kier molecular flexibility index (Phi) is 6.40. The van der Waals surface area contributed by atoms with E-state index in [0.717, 1.165) is 19.3 Å². The predicted octanol–water partition coefficient (Wildman–Crippen LogP) is 1.57. The number of hydrogen-bond donors (Lipinski definition) is 0. The lowest BCUT2D eigenvalue weighted by atomic mass is 10.0. The van der Waals surface area contributed by atoms with E-state index >= 15 is 0 Å². The highest BCUT2D eigenvalue weighted by Crippen LogP contribution is 2.27. The van der Waals surface area contributed by atoms with Crippen molar-refractivity contribution in [2.24, 2.45) is 0 Å². The van der Waals surface area contributed by atoms with Crippen LogP contribution in [0.15, 0.2) is 12.2 Å². The largest absolute Gasteiger partial charge is 0.462 e. The third kappa shape index (κ3) is 4.81. The van der Waals surface area contributed by atoms with Gasteiger partial charge in [0, 0.05) is 5.57 Å². The van der Waals surface area contributed by atoms with Crippen LogP contribution in [0.5, 0.6) is 0 Å². The first-order valence-electron chi connectivity index (χ1n) is 6.97. The summed E-state index contributed by atoms with van der Waals surface area (Å²) in [6.07, 6.45) is 3.22. The molecule has 0 bridgehead atoms. The zero-order valence-corrected chi connectivity index (χ0v) is 13.8. The van der Waals surface area contributed by atoms with Crippen molar-refractivity contribution in [3.8, 4) is 0 Å². The average molecular weight is 338 g/mol. The van der Waals surface area contributed by atoms with Gasteiger partial charge < -0.3 is 4.74 Å². The molecule has 1 aliphatic rings. The average Bonchev–Trinajstić information content (AvgIpc) is 2.44. The van der Waals surface area contributed by atoms with E-state index in [-0.39, 0.29) is 18.6 Å². The first-order chi connectivity index (χ1) is 9.68. The van der Waals surface area contributed by atoms with E-state index in [2.05, 4.69) is 6.58 Å². The van der Waals surface area contributed by atoms with Crippen molar-refractivity contribution >= 4 is 23.7 Å². The monoisotopic (exact) mass is 338 g/mol. The molecule has 0 aromatic carbocycles. The maximum Gasteiger partial charge on any atom is 0.333 e. The third-order valence-electron chi connectivity index (χ3n) is 3.43. The zero-order chi connectivity index (χ0) is 16.1. The van der Waals surface area contributed by atoms with Gasteiger partial charge in [0.2, 0.25) is 0 Å². The van der Waals surface area contributed by atoms with Gasteiger partial charge in [0.1, 0.15) is 0 Å². The van der Waals surface area contributed by atoms with E-state index in [1.165, 1.54) is 6.92 Å². The van der Waals surface area contributed by atoms with Crippen LogP contribution in [0.25, 0.3) is 0 Å². The van der Waals surface area contributed by atoms with Crippen molar-refractivity contribution in [2.45, 2.75) is 50.7 Å². The quantitative estimate of drug-likeness (QED) is 0.303. The standard InChI is InChI=1S/C13H22O6S2/c1-11(2)13(14)19-9-6-10-20(15,16)21(17,18)12-7-4-3-5-8-12/h12H,1,3-10H2,2H3. The van der Waals surface area contributed by atoms with E-state index in [1.54, 1.807) is 0 Å². The van der Waals surface area contributed by atoms with Crippen LogP contribution in [-0.4, -0.2) is 40.4 Å². The minimum Gasteiger partial charge on any atom is -0.462 e. The Bertz CT molecular complexity index is 582. The number of carbonyl (C=O) groups excluding carboxylic acids is 1. The smallest absolute Gasteiger partial charge is 0.333 e. The van der Waals surface area contributed by atoms with E-state index in [0.29, 0.717) is 12.8 Å². The van der Waals surface area contributed by atoms with Gasteiger partial charge in [0.05, 0.1) is 17.6 Å². The molecule has 0 aromatic heterocycles. The Morgan fingerprint density at radius 2 is 1.71 bits per heavy atom. The summed E-state index contributed by atoms with van der Waals surface area (Å²) < 4.78 is 53.0. The number of rotatable bonds is 7. The molecule has 21 heavy (non-hydrogen) atoms. The number of esters is 1. The van der Waals surface area contributed by atoms with Gasteiger partial charge in [-0.25, -0.2) is 21.6 Å². The van der Waals surface area contributed by atoms with Crippen LogP contribution in [0.3, 0.4) is 0 Å². The number of hydrogen-bond acceptors (Lipinski definition) is 6. The number of ether oxygens (including phenoxy) is 1. The second kappa shape index (κ2) is 7.40. The molecule has 0 unspecified atom stereocenters. The van der Waals surface area contributed by atoms with Crippen LogP contribution in [-0.2, 0) is 27.3 Å². The summed E-state index contributed by atoms with van der Waals surface area (Å²) in [5.41, 5.74) is 0.215. The van der Waals surface area contributed by atoms with E-state index in [9.17, 15) is 21.6 Å². The summed E-state index contributed by atoms with van der Waals surface area (Å²) in [6.45, 7) is 4.74. The van der Waals surface area contributed by atoms with Crippen LogP contribution in [0.1, 0.15) is 45.4 Å². The van der Waals surface area contributed by atoms with Gasteiger partial charge in [-0.15, -0.1) is 0 Å². The first kappa shape index (κ1) is 18.2. The van der Waals surface area contributed by atoms with Crippen molar-refractivity contribution in [3.63, 3.8) is 0 Å². The van der Waals surface area contributed by atoms with Gasteiger partial charge in [0.15, 0.2) is 0 Å². The third-order valence-corrected chi connectivity index (χ3v) is 9.66. The molecule has 0 atom stereocenters. The topological polar surface area (TPSA) is 94.6 Å².